The van der Waals surface area contributed by atoms with Gasteiger partial charge in [-0.1, -0.05) is 30.3 Å². The molecule has 1 heterocycles. The largest absolute Gasteiger partial charge is 0.394 e. The van der Waals surface area contributed by atoms with Crippen LogP contribution in [0.4, 0.5) is 4.79 Å². The highest BCUT2D eigenvalue weighted by Crippen LogP contribution is 2.05. The van der Waals surface area contributed by atoms with E-state index in [9.17, 15) is 4.79 Å². The number of benzene rings is 1. The van der Waals surface area contributed by atoms with Gasteiger partial charge < -0.3 is 20.3 Å². The molecule has 2 amide bonds. The average Bonchev–Trinajstić information content (AvgIpc) is 2.95. The van der Waals surface area contributed by atoms with E-state index >= 15 is 0 Å². The van der Waals surface area contributed by atoms with Crippen molar-refractivity contribution in [2.24, 2.45) is 0 Å². The van der Waals surface area contributed by atoms with Gasteiger partial charge in [-0.2, -0.15) is 0 Å². The first kappa shape index (κ1) is 16.0. The van der Waals surface area contributed by atoms with Gasteiger partial charge in [0.05, 0.1) is 12.6 Å². The summed E-state index contributed by atoms with van der Waals surface area (Å²) in [5.74, 6) is 0.930. The van der Waals surface area contributed by atoms with E-state index in [1.807, 2.05) is 24.4 Å². The number of nitrogens with one attached hydrogen (secondary N) is 2. The SMILES string of the molecule is CC(CO)NC(=O)NCCc1nccn1Cc1ccccc1. The topological polar surface area (TPSA) is 79.2 Å². The van der Waals surface area contributed by atoms with E-state index in [-0.39, 0.29) is 18.7 Å². The number of aromatic nitrogens is 2. The first-order chi connectivity index (χ1) is 10.7. The van der Waals surface area contributed by atoms with Crippen molar-refractivity contribution in [3.63, 3.8) is 0 Å². The van der Waals surface area contributed by atoms with E-state index in [2.05, 4.69) is 32.3 Å². The number of aliphatic hydroxyl groups excluding tert-OH is 1. The second-order valence-electron chi connectivity index (χ2n) is 5.19. The van der Waals surface area contributed by atoms with Gasteiger partial charge >= 0.3 is 6.03 Å². The summed E-state index contributed by atoms with van der Waals surface area (Å²) >= 11 is 0. The maximum atomic E-state index is 11.6. The molecule has 6 nitrogen and oxygen atoms in total. The molecular weight excluding hydrogens is 280 g/mol. The molecule has 118 valence electrons. The van der Waals surface area contributed by atoms with Gasteiger partial charge in [0, 0.05) is 31.9 Å². The van der Waals surface area contributed by atoms with Crippen LogP contribution < -0.4 is 10.6 Å². The number of amides is 2. The molecule has 0 aliphatic heterocycles. The zero-order chi connectivity index (χ0) is 15.8. The smallest absolute Gasteiger partial charge is 0.315 e. The molecule has 2 rings (SSSR count). The molecule has 0 aliphatic rings. The number of carbonyl (C=O) groups is 1. The maximum absolute atomic E-state index is 11.6. The highest BCUT2D eigenvalue weighted by molar-refractivity contribution is 5.74. The molecule has 0 spiro atoms. The van der Waals surface area contributed by atoms with Crippen LogP contribution in [0.15, 0.2) is 42.7 Å². The van der Waals surface area contributed by atoms with Crippen LogP contribution in [0.25, 0.3) is 0 Å². The zero-order valence-electron chi connectivity index (χ0n) is 12.7. The summed E-state index contributed by atoms with van der Waals surface area (Å²) in [4.78, 5) is 15.9. The van der Waals surface area contributed by atoms with E-state index < -0.39 is 0 Å². The molecule has 1 aromatic carbocycles. The summed E-state index contributed by atoms with van der Waals surface area (Å²) < 4.78 is 2.07. The molecule has 0 saturated heterocycles. The molecule has 1 unspecified atom stereocenters. The predicted octanol–water partition coefficient (Wildman–Crippen LogP) is 1.15. The summed E-state index contributed by atoms with van der Waals surface area (Å²) in [6.45, 7) is 2.93. The number of nitrogens with zero attached hydrogens (tertiary/aromatic N) is 2. The summed E-state index contributed by atoms with van der Waals surface area (Å²) in [6, 6.07) is 9.65. The van der Waals surface area contributed by atoms with Crippen molar-refractivity contribution in [2.75, 3.05) is 13.2 Å². The van der Waals surface area contributed by atoms with Gasteiger partial charge in [-0.3, -0.25) is 0 Å². The third-order valence-corrected chi connectivity index (χ3v) is 3.28. The lowest BCUT2D eigenvalue weighted by Crippen LogP contribution is -2.43. The Kier molecular flexibility index (Phi) is 5.97. The molecule has 0 aliphatic carbocycles. The molecule has 0 bridgehead atoms. The monoisotopic (exact) mass is 302 g/mol. The minimum atomic E-state index is -0.275. The average molecular weight is 302 g/mol. The van der Waals surface area contributed by atoms with Crippen LogP contribution in [0, 0.1) is 0 Å². The predicted molar refractivity (Wildman–Crippen MR) is 84.6 cm³/mol. The van der Waals surface area contributed by atoms with E-state index in [1.165, 1.54) is 5.56 Å². The van der Waals surface area contributed by atoms with Crippen LogP contribution in [0.5, 0.6) is 0 Å². The summed E-state index contributed by atoms with van der Waals surface area (Å²) in [6.07, 6.45) is 4.36. The normalized spacial score (nSPS) is 11.9. The minimum Gasteiger partial charge on any atom is -0.394 e. The Morgan fingerprint density at radius 2 is 2.14 bits per heavy atom. The zero-order valence-corrected chi connectivity index (χ0v) is 12.7. The Bertz CT molecular complexity index is 583. The van der Waals surface area contributed by atoms with Crippen LogP contribution >= 0.6 is 0 Å². The minimum absolute atomic E-state index is 0.0745. The Hall–Kier alpha value is -2.34. The van der Waals surface area contributed by atoms with Crippen LogP contribution in [0.2, 0.25) is 0 Å². The number of urea groups is 1. The van der Waals surface area contributed by atoms with Gasteiger partial charge in [0.1, 0.15) is 5.82 Å². The van der Waals surface area contributed by atoms with Crippen LogP contribution in [-0.4, -0.2) is 39.9 Å². The molecule has 3 N–H and O–H groups in total. The Morgan fingerprint density at radius 1 is 1.36 bits per heavy atom. The van der Waals surface area contributed by atoms with Crippen molar-refractivity contribution in [1.29, 1.82) is 0 Å². The van der Waals surface area contributed by atoms with Crippen molar-refractivity contribution in [3.8, 4) is 0 Å². The van der Waals surface area contributed by atoms with Crippen molar-refractivity contribution < 1.29 is 9.90 Å². The fraction of sp³-hybridized carbons (Fsp3) is 0.375. The second-order valence-corrected chi connectivity index (χ2v) is 5.19. The standard InChI is InChI=1S/C16H22N4O2/c1-13(12-21)19-16(22)18-8-7-15-17-9-10-20(15)11-14-5-3-2-4-6-14/h2-6,9-10,13,21H,7-8,11-12H2,1H3,(H2,18,19,22). The number of hydrogen-bond donors (Lipinski definition) is 3. The van der Waals surface area contributed by atoms with Gasteiger partial charge in [-0.25, -0.2) is 9.78 Å². The Balaban J connectivity index is 1.82. The molecule has 0 radical (unpaired) electrons. The Labute approximate surface area is 130 Å². The molecule has 1 aromatic heterocycles. The molecule has 22 heavy (non-hydrogen) atoms. The quantitative estimate of drug-likeness (QED) is 0.718. The highest BCUT2D eigenvalue weighted by atomic mass is 16.3. The van der Waals surface area contributed by atoms with Crippen molar-refractivity contribution in [1.82, 2.24) is 20.2 Å². The number of imidazole rings is 1. The third kappa shape index (κ3) is 4.89. The van der Waals surface area contributed by atoms with E-state index in [4.69, 9.17) is 5.11 Å². The first-order valence-electron chi connectivity index (χ1n) is 7.38. The highest BCUT2D eigenvalue weighted by Gasteiger charge is 2.07. The van der Waals surface area contributed by atoms with Crippen LogP contribution in [0.1, 0.15) is 18.3 Å². The van der Waals surface area contributed by atoms with Crippen molar-refractivity contribution in [2.45, 2.75) is 25.9 Å². The fourth-order valence-electron chi connectivity index (χ4n) is 2.10. The van der Waals surface area contributed by atoms with Gasteiger partial charge in [-0.05, 0) is 12.5 Å². The lowest BCUT2D eigenvalue weighted by atomic mass is 10.2. The number of carbonyl (C=O) groups excluding carboxylic acids is 1. The van der Waals surface area contributed by atoms with Gasteiger partial charge in [-0.15, -0.1) is 0 Å². The summed E-state index contributed by atoms with van der Waals surface area (Å²) in [7, 11) is 0. The lowest BCUT2D eigenvalue weighted by molar-refractivity contribution is 0.220. The molecule has 1 atom stereocenters. The third-order valence-electron chi connectivity index (χ3n) is 3.28. The summed E-state index contributed by atoms with van der Waals surface area (Å²) in [5, 5.41) is 14.3. The van der Waals surface area contributed by atoms with Crippen LogP contribution in [-0.2, 0) is 13.0 Å². The van der Waals surface area contributed by atoms with E-state index in [1.54, 1.807) is 13.1 Å². The molecule has 6 heteroatoms. The van der Waals surface area contributed by atoms with Gasteiger partial charge in [0.15, 0.2) is 0 Å². The van der Waals surface area contributed by atoms with Crippen molar-refractivity contribution in [3.05, 3.63) is 54.1 Å². The second kappa shape index (κ2) is 8.19. The fourth-order valence-corrected chi connectivity index (χ4v) is 2.10. The molecular formula is C16H22N4O2. The lowest BCUT2D eigenvalue weighted by Gasteiger charge is -2.12. The Morgan fingerprint density at radius 3 is 2.86 bits per heavy atom. The number of aliphatic hydroxyl groups is 1. The maximum Gasteiger partial charge on any atom is 0.315 e. The van der Waals surface area contributed by atoms with Crippen LogP contribution in [0.3, 0.4) is 0 Å². The molecule has 0 saturated carbocycles. The van der Waals surface area contributed by atoms with Gasteiger partial charge in [0.2, 0.25) is 0 Å². The molecule has 2 aromatic rings. The van der Waals surface area contributed by atoms with E-state index in [0.29, 0.717) is 13.0 Å². The first-order valence-corrected chi connectivity index (χ1v) is 7.38. The van der Waals surface area contributed by atoms with Gasteiger partial charge in [0.25, 0.3) is 0 Å². The summed E-state index contributed by atoms with van der Waals surface area (Å²) in [5.41, 5.74) is 1.21. The number of hydrogen-bond acceptors (Lipinski definition) is 3. The van der Waals surface area contributed by atoms with Crippen molar-refractivity contribution >= 4 is 6.03 Å². The molecule has 0 fully saturated rings. The number of rotatable bonds is 7. The van der Waals surface area contributed by atoms with E-state index in [0.717, 1.165) is 12.4 Å².